The summed E-state index contributed by atoms with van der Waals surface area (Å²) in [7, 11) is 0. The van der Waals surface area contributed by atoms with Gasteiger partial charge in [-0.25, -0.2) is 0 Å². The summed E-state index contributed by atoms with van der Waals surface area (Å²) in [6.45, 7) is 4.48. The molecule has 0 heterocycles. The summed E-state index contributed by atoms with van der Waals surface area (Å²) in [5.74, 6) is 0. The predicted octanol–water partition coefficient (Wildman–Crippen LogP) is 7.59. The van der Waals surface area contributed by atoms with Gasteiger partial charge < -0.3 is 10.6 Å². The lowest BCUT2D eigenvalue weighted by molar-refractivity contribution is 0.794. The second kappa shape index (κ2) is 11.3. The van der Waals surface area contributed by atoms with E-state index in [0.717, 1.165) is 24.2 Å². The topological polar surface area (TPSA) is 24.1 Å². The van der Waals surface area contributed by atoms with Crippen molar-refractivity contribution in [3.05, 3.63) is 95.6 Å². The zero-order valence-electron chi connectivity index (χ0n) is 17.8. The third-order valence-corrected chi connectivity index (χ3v) is 5.30. The van der Waals surface area contributed by atoms with Crippen LogP contribution in [0, 0.1) is 0 Å². The van der Waals surface area contributed by atoms with Crippen LogP contribution in [0.25, 0.3) is 0 Å². The van der Waals surface area contributed by atoms with Gasteiger partial charge in [0.15, 0.2) is 0 Å². The summed E-state index contributed by atoms with van der Waals surface area (Å²) in [6.07, 6.45) is 7.28. The number of benzene rings is 3. The summed E-state index contributed by atoms with van der Waals surface area (Å²) < 4.78 is 0. The highest BCUT2D eigenvalue weighted by atomic mass is 15.1. The molecule has 0 saturated heterocycles. The number of rotatable bonds is 11. The third kappa shape index (κ3) is 6.67. The first kappa shape index (κ1) is 21.0. The fourth-order valence-electron chi connectivity index (χ4n) is 3.48. The molecular weight excluding hydrogens is 352 g/mol. The molecule has 29 heavy (non-hydrogen) atoms. The summed E-state index contributed by atoms with van der Waals surface area (Å²) in [4.78, 5) is 0. The Balaban J connectivity index is 1.71. The van der Waals surface area contributed by atoms with E-state index in [1.165, 1.54) is 42.4 Å². The fourth-order valence-corrected chi connectivity index (χ4v) is 3.48. The lowest BCUT2D eigenvalue weighted by Gasteiger charge is -2.23. The Morgan fingerprint density at radius 3 is 1.45 bits per heavy atom. The molecular formula is C27H34N2. The third-order valence-electron chi connectivity index (χ3n) is 5.30. The van der Waals surface area contributed by atoms with E-state index in [-0.39, 0.29) is 6.17 Å². The van der Waals surface area contributed by atoms with Crippen LogP contribution in [0.5, 0.6) is 0 Å². The first-order chi connectivity index (χ1) is 14.3. The van der Waals surface area contributed by atoms with E-state index in [0.29, 0.717) is 0 Å². The Bertz CT molecular complexity index is 769. The molecule has 0 bridgehead atoms. The van der Waals surface area contributed by atoms with Crippen LogP contribution in [0.2, 0.25) is 0 Å². The summed E-state index contributed by atoms with van der Waals surface area (Å²) in [6, 6.07) is 28.3. The highest BCUT2D eigenvalue weighted by Gasteiger charge is 2.11. The molecule has 0 fully saturated rings. The molecule has 3 aromatic rings. The van der Waals surface area contributed by atoms with Gasteiger partial charge in [0.1, 0.15) is 6.17 Å². The van der Waals surface area contributed by atoms with Crippen molar-refractivity contribution < 1.29 is 0 Å². The molecule has 0 unspecified atom stereocenters. The Labute approximate surface area is 176 Å². The first-order valence-electron chi connectivity index (χ1n) is 11.0. The van der Waals surface area contributed by atoms with Crippen LogP contribution < -0.4 is 10.6 Å². The number of unbranched alkanes of at least 4 members (excludes halogenated alkanes) is 2. The molecule has 0 aliphatic heterocycles. The normalized spacial score (nSPS) is 10.9. The molecule has 0 saturated carbocycles. The maximum Gasteiger partial charge on any atom is 0.123 e. The van der Waals surface area contributed by atoms with Gasteiger partial charge in [0.2, 0.25) is 0 Å². The summed E-state index contributed by atoms with van der Waals surface area (Å²) in [5.41, 5.74) is 6.29. The number of aryl methyl sites for hydroxylation is 2. The van der Waals surface area contributed by atoms with Crippen LogP contribution in [-0.4, -0.2) is 0 Å². The highest BCUT2D eigenvalue weighted by Crippen LogP contribution is 2.23. The SMILES string of the molecule is CCCCc1ccc(NC(Nc2ccc(CCCC)cc2)c2ccccc2)cc1. The van der Waals surface area contributed by atoms with E-state index in [9.17, 15) is 0 Å². The smallest absolute Gasteiger partial charge is 0.123 e. The van der Waals surface area contributed by atoms with Crippen LogP contribution in [0.1, 0.15) is 62.4 Å². The average Bonchev–Trinajstić information content (AvgIpc) is 2.78. The van der Waals surface area contributed by atoms with Crippen molar-refractivity contribution in [2.75, 3.05) is 10.6 Å². The van der Waals surface area contributed by atoms with Gasteiger partial charge in [-0.3, -0.25) is 0 Å². The predicted molar refractivity (Wildman–Crippen MR) is 127 cm³/mol. The summed E-state index contributed by atoms with van der Waals surface area (Å²) >= 11 is 0. The molecule has 2 N–H and O–H groups in total. The largest absolute Gasteiger partial charge is 0.362 e. The minimum Gasteiger partial charge on any atom is -0.362 e. The van der Waals surface area contributed by atoms with Crippen molar-refractivity contribution in [1.29, 1.82) is 0 Å². The monoisotopic (exact) mass is 386 g/mol. The second-order valence-electron chi connectivity index (χ2n) is 7.73. The molecule has 0 atom stereocenters. The lowest BCUT2D eigenvalue weighted by atomic mass is 10.1. The van der Waals surface area contributed by atoms with Crippen LogP contribution in [-0.2, 0) is 12.8 Å². The van der Waals surface area contributed by atoms with Crippen molar-refractivity contribution in [1.82, 2.24) is 0 Å². The zero-order valence-corrected chi connectivity index (χ0v) is 17.8. The maximum atomic E-state index is 3.66. The van der Waals surface area contributed by atoms with Gasteiger partial charge in [-0.05, 0) is 66.6 Å². The lowest BCUT2D eigenvalue weighted by Crippen LogP contribution is -2.19. The molecule has 0 aliphatic rings. The van der Waals surface area contributed by atoms with E-state index in [1.54, 1.807) is 0 Å². The van der Waals surface area contributed by atoms with Gasteiger partial charge in [0.25, 0.3) is 0 Å². The van der Waals surface area contributed by atoms with Crippen LogP contribution in [0.3, 0.4) is 0 Å². The van der Waals surface area contributed by atoms with Crippen LogP contribution >= 0.6 is 0 Å². The van der Waals surface area contributed by atoms with Gasteiger partial charge in [0.05, 0.1) is 0 Å². The van der Waals surface area contributed by atoms with Crippen LogP contribution in [0.4, 0.5) is 11.4 Å². The zero-order chi connectivity index (χ0) is 20.3. The van der Waals surface area contributed by atoms with Gasteiger partial charge in [0, 0.05) is 11.4 Å². The molecule has 3 aromatic carbocycles. The van der Waals surface area contributed by atoms with E-state index in [2.05, 4.69) is 103 Å². The number of anilines is 2. The van der Waals surface area contributed by atoms with Gasteiger partial charge in [-0.1, -0.05) is 81.3 Å². The highest BCUT2D eigenvalue weighted by molar-refractivity contribution is 5.52. The van der Waals surface area contributed by atoms with E-state index < -0.39 is 0 Å². The van der Waals surface area contributed by atoms with Crippen LogP contribution in [0.15, 0.2) is 78.9 Å². The number of hydrogen-bond donors (Lipinski definition) is 2. The number of hydrogen-bond acceptors (Lipinski definition) is 2. The van der Waals surface area contributed by atoms with Gasteiger partial charge >= 0.3 is 0 Å². The molecule has 152 valence electrons. The number of nitrogens with one attached hydrogen (secondary N) is 2. The minimum atomic E-state index is 0.0131. The van der Waals surface area contributed by atoms with Crippen molar-refractivity contribution in [2.24, 2.45) is 0 Å². The Hall–Kier alpha value is -2.74. The summed E-state index contributed by atoms with van der Waals surface area (Å²) in [5, 5.41) is 7.33. The standard InChI is InChI=1S/C27H34N2/c1-3-5-10-22-14-18-25(19-15-22)28-27(24-12-8-7-9-13-24)29-26-20-16-23(17-21-26)11-6-4-2/h7-9,12-21,27-29H,3-6,10-11H2,1-2H3. The van der Waals surface area contributed by atoms with Crippen molar-refractivity contribution >= 4 is 11.4 Å². The van der Waals surface area contributed by atoms with Crippen molar-refractivity contribution in [2.45, 2.75) is 58.5 Å². The van der Waals surface area contributed by atoms with Crippen molar-refractivity contribution in [3.8, 4) is 0 Å². The molecule has 2 nitrogen and oxygen atoms in total. The fraction of sp³-hybridized carbons (Fsp3) is 0.333. The Kier molecular flexibility index (Phi) is 8.18. The molecule has 3 rings (SSSR count). The average molecular weight is 387 g/mol. The Morgan fingerprint density at radius 1 is 0.586 bits per heavy atom. The Morgan fingerprint density at radius 2 is 1.03 bits per heavy atom. The van der Waals surface area contributed by atoms with E-state index in [4.69, 9.17) is 0 Å². The van der Waals surface area contributed by atoms with Gasteiger partial charge in [-0.15, -0.1) is 0 Å². The molecule has 0 spiro atoms. The van der Waals surface area contributed by atoms with E-state index >= 15 is 0 Å². The maximum absolute atomic E-state index is 3.66. The van der Waals surface area contributed by atoms with Gasteiger partial charge in [-0.2, -0.15) is 0 Å². The molecule has 0 amide bonds. The molecule has 2 heteroatoms. The second-order valence-corrected chi connectivity index (χ2v) is 7.73. The molecule has 0 aromatic heterocycles. The molecule has 0 radical (unpaired) electrons. The van der Waals surface area contributed by atoms with E-state index in [1.807, 2.05) is 0 Å². The first-order valence-corrected chi connectivity index (χ1v) is 11.0. The van der Waals surface area contributed by atoms with Crippen molar-refractivity contribution in [3.63, 3.8) is 0 Å². The minimum absolute atomic E-state index is 0.0131. The quantitative estimate of drug-likeness (QED) is 0.332. The molecule has 0 aliphatic carbocycles.